The van der Waals surface area contributed by atoms with Gasteiger partial charge in [-0.25, -0.2) is 4.98 Å². The first-order valence-corrected chi connectivity index (χ1v) is 9.35. The number of imidazole rings is 1. The molecule has 1 heterocycles. The Bertz CT molecular complexity index is 651. The molecule has 2 saturated carbocycles. The molecule has 112 valence electrons. The van der Waals surface area contributed by atoms with Gasteiger partial charge < -0.3 is 10.3 Å². The van der Waals surface area contributed by atoms with Crippen molar-refractivity contribution in [2.24, 2.45) is 0 Å². The molecule has 0 unspecified atom stereocenters. The SMILES string of the molecule is CSC1CCC(n2c(C3CC3)nc3cc(N)ccc32)CC1. The van der Waals surface area contributed by atoms with Crippen molar-refractivity contribution in [2.45, 2.75) is 55.7 Å². The van der Waals surface area contributed by atoms with Crippen LogP contribution in [0.5, 0.6) is 0 Å². The Kier molecular flexibility index (Phi) is 3.37. The molecule has 1 aromatic carbocycles. The number of hydrogen-bond donors (Lipinski definition) is 1. The Balaban J connectivity index is 1.74. The predicted octanol–water partition coefficient (Wildman–Crippen LogP) is 4.34. The van der Waals surface area contributed by atoms with E-state index in [1.165, 1.54) is 49.9 Å². The second kappa shape index (κ2) is 5.24. The summed E-state index contributed by atoms with van der Waals surface area (Å²) in [6, 6.07) is 6.86. The molecule has 0 aliphatic heterocycles. The molecule has 0 saturated heterocycles. The summed E-state index contributed by atoms with van der Waals surface area (Å²) in [4.78, 5) is 4.93. The van der Waals surface area contributed by atoms with Crippen molar-refractivity contribution in [3.63, 3.8) is 0 Å². The minimum absolute atomic E-state index is 0.637. The van der Waals surface area contributed by atoms with E-state index in [0.717, 1.165) is 16.5 Å². The minimum atomic E-state index is 0.637. The zero-order valence-corrected chi connectivity index (χ0v) is 13.4. The van der Waals surface area contributed by atoms with Crippen molar-refractivity contribution < 1.29 is 0 Å². The van der Waals surface area contributed by atoms with Crippen molar-refractivity contribution in [1.29, 1.82) is 0 Å². The minimum Gasteiger partial charge on any atom is -0.399 e. The van der Waals surface area contributed by atoms with Crippen LogP contribution in [0.2, 0.25) is 0 Å². The lowest BCUT2D eigenvalue weighted by atomic mass is 9.94. The maximum atomic E-state index is 5.94. The number of fused-ring (bicyclic) bond motifs is 1. The van der Waals surface area contributed by atoms with Gasteiger partial charge in [-0.2, -0.15) is 11.8 Å². The van der Waals surface area contributed by atoms with Crippen molar-refractivity contribution in [3.8, 4) is 0 Å². The highest BCUT2D eigenvalue weighted by atomic mass is 32.2. The van der Waals surface area contributed by atoms with Gasteiger partial charge in [0.15, 0.2) is 0 Å². The standard InChI is InChI=1S/C17H23N3S/c1-21-14-7-5-13(6-8-14)20-16-9-4-12(18)10-15(16)19-17(20)11-2-3-11/h4,9-11,13-14H,2-3,5-8,18H2,1H3. The van der Waals surface area contributed by atoms with Crippen LogP contribution in [-0.4, -0.2) is 21.1 Å². The van der Waals surface area contributed by atoms with E-state index in [-0.39, 0.29) is 0 Å². The predicted molar refractivity (Wildman–Crippen MR) is 90.9 cm³/mol. The molecule has 0 amide bonds. The van der Waals surface area contributed by atoms with Gasteiger partial charge in [-0.15, -0.1) is 0 Å². The topological polar surface area (TPSA) is 43.8 Å². The third-order valence-corrected chi connectivity index (χ3v) is 6.16. The first kappa shape index (κ1) is 13.5. The molecule has 2 aliphatic rings. The number of thioether (sulfide) groups is 1. The maximum absolute atomic E-state index is 5.94. The summed E-state index contributed by atoms with van der Waals surface area (Å²) in [5.74, 6) is 2.01. The summed E-state index contributed by atoms with van der Waals surface area (Å²) in [5.41, 5.74) is 9.13. The van der Waals surface area contributed by atoms with E-state index < -0.39 is 0 Å². The van der Waals surface area contributed by atoms with Crippen molar-refractivity contribution in [3.05, 3.63) is 24.0 Å². The van der Waals surface area contributed by atoms with Gasteiger partial charge in [0, 0.05) is 22.9 Å². The zero-order chi connectivity index (χ0) is 14.4. The highest BCUT2D eigenvalue weighted by molar-refractivity contribution is 7.99. The number of rotatable bonds is 3. The highest BCUT2D eigenvalue weighted by Crippen LogP contribution is 2.44. The number of aromatic nitrogens is 2. The molecule has 0 spiro atoms. The highest BCUT2D eigenvalue weighted by Gasteiger charge is 2.33. The summed E-state index contributed by atoms with van der Waals surface area (Å²) in [6.45, 7) is 0. The molecule has 0 atom stereocenters. The maximum Gasteiger partial charge on any atom is 0.113 e. The Hall–Kier alpha value is -1.16. The first-order valence-electron chi connectivity index (χ1n) is 8.06. The number of nitrogens with zero attached hydrogens (tertiary/aromatic N) is 2. The van der Waals surface area contributed by atoms with Crippen LogP contribution in [0.3, 0.4) is 0 Å². The second-order valence-corrected chi connectivity index (χ2v) is 7.67. The third-order valence-electron chi connectivity index (χ3n) is 5.03. The van der Waals surface area contributed by atoms with Crippen LogP contribution >= 0.6 is 11.8 Å². The van der Waals surface area contributed by atoms with Gasteiger partial charge in [0.25, 0.3) is 0 Å². The molecular formula is C17H23N3S. The number of nitrogens with two attached hydrogens (primary N) is 1. The Labute approximate surface area is 130 Å². The van der Waals surface area contributed by atoms with Crippen molar-refractivity contribution in [2.75, 3.05) is 12.0 Å². The molecule has 3 nitrogen and oxygen atoms in total. The van der Waals surface area contributed by atoms with E-state index in [0.29, 0.717) is 12.0 Å². The molecule has 1 aromatic heterocycles. The van der Waals surface area contributed by atoms with Gasteiger partial charge in [0.2, 0.25) is 0 Å². The van der Waals surface area contributed by atoms with Crippen LogP contribution in [0.15, 0.2) is 18.2 Å². The van der Waals surface area contributed by atoms with Crippen LogP contribution in [0.1, 0.15) is 56.3 Å². The monoisotopic (exact) mass is 301 g/mol. The van der Waals surface area contributed by atoms with Crippen LogP contribution in [0.25, 0.3) is 11.0 Å². The summed E-state index contributed by atoms with van der Waals surface area (Å²) in [6.07, 6.45) is 10.1. The largest absolute Gasteiger partial charge is 0.399 e. The van der Waals surface area contributed by atoms with Gasteiger partial charge in [0.05, 0.1) is 11.0 Å². The lowest BCUT2D eigenvalue weighted by molar-refractivity contribution is 0.359. The summed E-state index contributed by atoms with van der Waals surface area (Å²) in [5, 5.41) is 0.857. The van der Waals surface area contributed by atoms with Gasteiger partial charge in [-0.1, -0.05) is 0 Å². The van der Waals surface area contributed by atoms with Gasteiger partial charge in [-0.05, 0) is 63.0 Å². The third kappa shape index (κ3) is 2.44. The van der Waals surface area contributed by atoms with Gasteiger partial charge >= 0.3 is 0 Å². The molecule has 0 bridgehead atoms. The Morgan fingerprint density at radius 3 is 2.57 bits per heavy atom. The second-order valence-electron chi connectivity index (χ2n) is 6.53. The summed E-state index contributed by atoms with van der Waals surface area (Å²) >= 11 is 2.03. The molecule has 4 heteroatoms. The molecule has 4 rings (SSSR count). The quantitative estimate of drug-likeness (QED) is 0.858. The zero-order valence-electron chi connectivity index (χ0n) is 12.6. The number of anilines is 1. The van der Waals surface area contributed by atoms with Crippen molar-refractivity contribution >= 4 is 28.5 Å². The van der Waals surface area contributed by atoms with Crippen LogP contribution < -0.4 is 5.73 Å². The fourth-order valence-electron chi connectivity index (χ4n) is 3.69. The average Bonchev–Trinajstić information content (AvgIpc) is 3.28. The van der Waals surface area contributed by atoms with E-state index in [4.69, 9.17) is 10.7 Å². The molecule has 2 fully saturated rings. The Morgan fingerprint density at radius 1 is 1.14 bits per heavy atom. The van der Waals surface area contributed by atoms with E-state index in [9.17, 15) is 0 Å². The summed E-state index contributed by atoms with van der Waals surface area (Å²) in [7, 11) is 0. The van der Waals surface area contributed by atoms with Crippen molar-refractivity contribution in [1.82, 2.24) is 9.55 Å². The normalized spacial score (nSPS) is 26.3. The summed E-state index contributed by atoms with van der Waals surface area (Å²) < 4.78 is 2.56. The number of benzene rings is 1. The number of nitrogen functional groups attached to an aromatic ring is 1. The molecule has 2 N–H and O–H groups in total. The van der Waals surface area contributed by atoms with Gasteiger partial charge in [-0.3, -0.25) is 0 Å². The Morgan fingerprint density at radius 2 is 1.90 bits per heavy atom. The lowest BCUT2D eigenvalue weighted by Crippen LogP contribution is -2.20. The van der Waals surface area contributed by atoms with E-state index >= 15 is 0 Å². The number of hydrogen-bond acceptors (Lipinski definition) is 3. The van der Waals surface area contributed by atoms with Crippen LogP contribution in [0.4, 0.5) is 5.69 Å². The molecule has 2 aromatic rings. The van der Waals surface area contributed by atoms with E-state index in [2.05, 4.69) is 16.9 Å². The molecule has 0 radical (unpaired) electrons. The fraction of sp³-hybridized carbons (Fsp3) is 0.588. The fourth-order valence-corrected chi connectivity index (χ4v) is 4.43. The first-order chi connectivity index (χ1) is 10.3. The van der Waals surface area contributed by atoms with E-state index in [1.54, 1.807) is 0 Å². The van der Waals surface area contributed by atoms with E-state index in [1.807, 2.05) is 23.9 Å². The molecular weight excluding hydrogens is 278 g/mol. The average molecular weight is 301 g/mol. The molecule has 21 heavy (non-hydrogen) atoms. The van der Waals surface area contributed by atoms with Gasteiger partial charge in [0.1, 0.15) is 5.82 Å². The van der Waals surface area contributed by atoms with Crippen LogP contribution in [0, 0.1) is 0 Å². The smallest absolute Gasteiger partial charge is 0.113 e. The van der Waals surface area contributed by atoms with Crippen LogP contribution in [-0.2, 0) is 0 Å². The lowest BCUT2D eigenvalue weighted by Gasteiger charge is -2.30. The molecule has 2 aliphatic carbocycles.